The molecule has 1 heteroatoms. The maximum absolute atomic E-state index is 11.3. The summed E-state index contributed by atoms with van der Waals surface area (Å²) in [7, 11) is 0. The number of Topliss-reactive ketones (excluding diaryl/α,β-unsaturated/α-hetero) is 1. The predicted molar refractivity (Wildman–Crippen MR) is 68.7 cm³/mol. The van der Waals surface area contributed by atoms with Gasteiger partial charge in [-0.25, -0.2) is 0 Å². The van der Waals surface area contributed by atoms with Crippen LogP contribution in [0.15, 0.2) is 24.3 Å². The van der Waals surface area contributed by atoms with E-state index in [9.17, 15) is 4.79 Å². The lowest BCUT2D eigenvalue weighted by Gasteiger charge is -2.18. The zero-order chi connectivity index (χ0) is 12.1. The smallest absolute Gasteiger partial charge is 0.130 e. The van der Waals surface area contributed by atoms with Crippen LogP contribution in [0.2, 0.25) is 0 Å². The first-order valence-corrected chi connectivity index (χ1v) is 6.05. The number of hydrogen-bond donors (Lipinski definition) is 0. The van der Waals surface area contributed by atoms with Crippen LogP contribution in [0.4, 0.5) is 0 Å². The molecule has 0 N–H and O–H groups in total. The van der Waals surface area contributed by atoms with Crippen molar-refractivity contribution in [1.82, 2.24) is 0 Å². The van der Waals surface area contributed by atoms with Crippen molar-refractivity contribution in [3.63, 3.8) is 0 Å². The summed E-state index contributed by atoms with van der Waals surface area (Å²) in [4.78, 5) is 11.3. The maximum Gasteiger partial charge on any atom is 0.130 e. The Bertz CT molecular complexity index is 335. The number of carbonyl (C=O) groups excluding carboxylic acids is 1. The molecule has 1 rings (SSSR count). The molecule has 0 aliphatic heterocycles. The Labute approximate surface area is 98.9 Å². The zero-order valence-corrected chi connectivity index (χ0v) is 10.8. The molecule has 88 valence electrons. The van der Waals surface area contributed by atoms with Crippen molar-refractivity contribution >= 4 is 5.78 Å². The van der Waals surface area contributed by atoms with Crippen LogP contribution in [0.1, 0.15) is 50.7 Å². The van der Waals surface area contributed by atoms with Crippen LogP contribution in [0, 0.1) is 12.8 Å². The number of rotatable bonds is 5. The lowest BCUT2D eigenvalue weighted by Crippen LogP contribution is -2.07. The van der Waals surface area contributed by atoms with Crippen LogP contribution >= 0.6 is 0 Å². The van der Waals surface area contributed by atoms with Gasteiger partial charge >= 0.3 is 0 Å². The molecule has 0 aromatic heterocycles. The van der Waals surface area contributed by atoms with Crippen molar-refractivity contribution in [3.8, 4) is 0 Å². The summed E-state index contributed by atoms with van der Waals surface area (Å²) in [5.41, 5.74) is 2.57. The van der Waals surface area contributed by atoms with Gasteiger partial charge < -0.3 is 4.79 Å². The van der Waals surface area contributed by atoms with Gasteiger partial charge in [0.05, 0.1) is 0 Å². The van der Waals surface area contributed by atoms with Gasteiger partial charge in [-0.2, -0.15) is 0 Å². The molecule has 1 nitrogen and oxygen atoms in total. The molecular weight excluding hydrogens is 196 g/mol. The second kappa shape index (κ2) is 5.83. The standard InChI is InChI=1S/C15H22O/c1-11(2)9-15(10-13(4)16)14-7-5-12(3)6-8-14/h5-8,11,15H,9-10H2,1-4H3/t15-/m1/s1. The average molecular weight is 218 g/mol. The topological polar surface area (TPSA) is 17.1 Å². The van der Waals surface area contributed by atoms with E-state index in [1.807, 2.05) is 0 Å². The van der Waals surface area contributed by atoms with E-state index in [0.29, 0.717) is 18.3 Å². The molecule has 0 aliphatic carbocycles. The quantitative estimate of drug-likeness (QED) is 0.727. The number of aryl methyl sites for hydroxylation is 1. The minimum absolute atomic E-state index is 0.284. The molecule has 0 spiro atoms. The summed E-state index contributed by atoms with van der Waals surface area (Å²) in [6, 6.07) is 8.57. The highest BCUT2D eigenvalue weighted by Gasteiger charge is 2.15. The third kappa shape index (κ3) is 4.18. The van der Waals surface area contributed by atoms with Gasteiger partial charge in [0, 0.05) is 6.42 Å². The fourth-order valence-corrected chi connectivity index (χ4v) is 2.09. The predicted octanol–water partition coefficient (Wildman–Crippen LogP) is 4.10. The average Bonchev–Trinajstić information content (AvgIpc) is 2.16. The van der Waals surface area contributed by atoms with Gasteiger partial charge in [-0.05, 0) is 37.7 Å². The second-order valence-corrected chi connectivity index (χ2v) is 5.14. The Balaban J connectivity index is 2.82. The minimum atomic E-state index is 0.284. The van der Waals surface area contributed by atoms with Crippen molar-refractivity contribution in [2.24, 2.45) is 5.92 Å². The SMILES string of the molecule is CC(=O)C[C@@H](CC(C)C)c1ccc(C)cc1. The Kier molecular flexibility index (Phi) is 4.72. The van der Waals surface area contributed by atoms with Gasteiger partial charge in [0.15, 0.2) is 0 Å². The molecule has 1 aromatic rings. The monoisotopic (exact) mass is 218 g/mol. The Hall–Kier alpha value is -1.11. The molecule has 0 unspecified atom stereocenters. The van der Waals surface area contributed by atoms with Crippen molar-refractivity contribution in [3.05, 3.63) is 35.4 Å². The van der Waals surface area contributed by atoms with Crippen molar-refractivity contribution in [2.45, 2.75) is 46.5 Å². The van der Waals surface area contributed by atoms with Crippen molar-refractivity contribution < 1.29 is 4.79 Å². The fourth-order valence-electron chi connectivity index (χ4n) is 2.09. The lowest BCUT2D eigenvalue weighted by atomic mass is 9.86. The van der Waals surface area contributed by atoms with Gasteiger partial charge in [0.25, 0.3) is 0 Å². The van der Waals surface area contributed by atoms with Crippen LogP contribution in [0.25, 0.3) is 0 Å². The first-order chi connectivity index (χ1) is 7.49. The molecule has 0 aliphatic rings. The van der Waals surface area contributed by atoms with E-state index in [4.69, 9.17) is 0 Å². The summed E-state index contributed by atoms with van der Waals surface area (Å²) in [6.45, 7) is 8.19. The number of carbonyl (C=O) groups is 1. The molecule has 0 radical (unpaired) electrons. The summed E-state index contributed by atoms with van der Waals surface area (Å²) in [5, 5.41) is 0. The number of hydrogen-bond acceptors (Lipinski definition) is 1. The first kappa shape index (κ1) is 13.0. The Morgan fingerprint density at radius 2 is 1.75 bits per heavy atom. The third-order valence-electron chi connectivity index (χ3n) is 2.84. The zero-order valence-electron chi connectivity index (χ0n) is 10.8. The molecule has 16 heavy (non-hydrogen) atoms. The lowest BCUT2D eigenvalue weighted by molar-refractivity contribution is -0.117. The summed E-state index contributed by atoms with van der Waals surface area (Å²) < 4.78 is 0. The summed E-state index contributed by atoms with van der Waals surface area (Å²) >= 11 is 0. The van der Waals surface area contributed by atoms with E-state index >= 15 is 0 Å². The largest absolute Gasteiger partial charge is 0.300 e. The molecule has 0 fully saturated rings. The molecule has 1 atom stereocenters. The molecular formula is C15H22O. The highest BCUT2D eigenvalue weighted by molar-refractivity contribution is 5.76. The molecule has 0 heterocycles. The van der Waals surface area contributed by atoms with Gasteiger partial charge in [0.2, 0.25) is 0 Å². The third-order valence-corrected chi connectivity index (χ3v) is 2.84. The van der Waals surface area contributed by atoms with Gasteiger partial charge in [0.1, 0.15) is 5.78 Å². The van der Waals surface area contributed by atoms with Crippen LogP contribution in [-0.4, -0.2) is 5.78 Å². The van der Waals surface area contributed by atoms with Crippen LogP contribution in [0.5, 0.6) is 0 Å². The molecule has 1 aromatic carbocycles. The van der Waals surface area contributed by atoms with Crippen LogP contribution < -0.4 is 0 Å². The highest BCUT2D eigenvalue weighted by Crippen LogP contribution is 2.27. The Morgan fingerprint density at radius 1 is 1.19 bits per heavy atom. The van der Waals surface area contributed by atoms with Gasteiger partial charge in [-0.3, -0.25) is 0 Å². The van der Waals surface area contributed by atoms with E-state index in [1.165, 1.54) is 11.1 Å². The van der Waals surface area contributed by atoms with Crippen molar-refractivity contribution in [1.29, 1.82) is 0 Å². The van der Waals surface area contributed by atoms with E-state index in [2.05, 4.69) is 45.0 Å². The highest BCUT2D eigenvalue weighted by atomic mass is 16.1. The van der Waals surface area contributed by atoms with Gasteiger partial charge in [-0.1, -0.05) is 43.7 Å². The second-order valence-electron chi connectivity index (χ2n) is 5.14. The van der Waals surface area contributed by atoms with E-state index in [0.717, 1.165) is 6.42 Å². The fraction of sp³-hybridized carbons (Fsp3) is 0.533. The number of ketones is 1. The van der Waals surface area contributed by atoms with Crippen LogP contribution in [0.3, 0.4) is 0 Å². The van der Waals surface area contributed by atoms with E-state index in [-0.39, 0.29) is 5.78 Å². The summed E-state index contributed by atoms with van der Waals surface area (Å²) in [5.74, 6) is 1.30. The van der Waals surface area contributed by atoms with Crippen molar-refractivity contribution in [2.75, 3.05) is 0 Å². The molecule has 0 amide bonds. The normalized spacial score (nSPS) is 12.8. The first-order valence-electron chi connectivity index (χ1n) is 6.05. The molecule has 0 bridgehead atoms. The number of benzene rings is 1. The molecule has 0 saturated heterocycles. The Morgan fingerprint density at radius 3 is 2.19 bits per heavy atom. The molecule has 0 saturated carbocycles. The van der Waals surface area contributed by atoms with E-state index < -0.39 is 0 Å². The van der Waals surface area contributed by atoms with E-state index in [1.54, 1.807) is 6.92 Å². The maximum atomic E-state index is 11.3. The van der Waals surface area contributed by atoms with Crippen LogP contribution in [-0.2, 0) is 4.79 Å². The minimum Gasteiger partial charge on any atom is -0.300 e. The summed E-state index contributed by atoms with van der Waals surface area (Å²) in [6.07, 6.45) is 1.75. The van der Waals surface area contributed by atoms with Gasteiger partial charge in [-0.15, -0.1) is 0 Å².